The van der Waals surface area contributed by atoms with Gasteiger partial charge in [-0.2, -0.15) is 0 Å². The fraction of sp³-hybridized carbons (Fsp3) is 0.350. The summed E-state index contributed by atoms with van der Waals surface area (Å²) in [5, 5.41) is 0. The van der Waals surface area contributed by atoms with Crippen LogP contribution in [0.4, 0.5) is 10.3 Å². The Labute approximate surface area is 141 Å². The molecule has 2 aromatic carbocycles. The molecule has 3 aromatic rings. The average Bonchev–Trinajstić information content (AvgIpc) is 2.94. The van der Waals surface area contributed by atoms with Crippen molar-refractivity contribution in [3.05, 3.63) is 59.9 Å². The maximum absolute atomic E-state index is 13.6. The molecule has 0 atom stereocenters. The molecule has 1 aliphatic heterocycles. The van der Waals surface area contributed by atoms with Gasteiger partial charge >= 0.3 is 0 Å². The molecule has 124 valence electrons. The van der Waals surface area contributed by atoms with E-state index in [4.69, 9.17) is 4.98 Å². The highest BCUT2D eigenvalue weighted by Gasteiger charge is 2.21. The van der Waals surface area contributed by atoms with Crippen molar-refractivity contribution in [2.24, 2.45) is 5.92 Å². The number of benzene rings is 2. The number of imidazole rings is 1. The molecule has 1 saturated heterocycles. The molecule has 0 aliphatic carbocycles. The third-order valence-electron chi connectivity index (χ3n) is 4.93. The molecule has 2 heterocycles. The highest BCUT2D eigenvalue weighted by molar-refractivity contribution is 5.79. The molecule has 0 N–H and O–H groups in total. The van der Waals surface area contributed by atoms with E-state index in [1.54, 1.807) is 12.1 Å². The van der Waals surface area contributed by atoms with E-state index in [1.165, 1.54) is 18.9 Å². The number of piperidine rings is 1. The minimum Gasteiger partial charge on any atom is -0.342 e. The van der Waals surface area contributed by atoms with E-state index in [-0.39, 0.29) is 5.82 Å². The first-order valence-corrected chi connectivity index (χ1v) is 8.65. The number of fused-ring (bicyclic) bond motifs is 1. The van der Waals surface area contributed by atoms with Gasteiger partial charge in [0.15, 0.2) is 0 Å². The van der Waals surface area contributed by atoms with Gasteiger partial charge < -0.3 is 9.47 Å². The summed E-state index contributed by atoms with van der Waals surface area (Å²) in [5.74, 6) is 1.60. The first kappa shape index (κ1) is 15.2. The molecule has 4 heteroatoms. The zero-order valence-electron chi connectivity index (χ0n) is 14.0. The molecule has 3 nitrogen and oxygen atoms in total. The standard InChI is InChI=1S/C20H22FN3/c1-15-9-11-23(12-10-15)20-22-18-7-2-3-8-19(18)24(20)14-16-5-4-6-17(21)13-16/h2-8,13,15H,9-12,14H2,1H3. The van der Waals surface area contributed by atoms with Crippen molar-refractivity contribution >= 4 is 17.0 Å². The van der Waals surface area contributed by atoms with Crippen LogP contribution in [0, 0.1) is 11.7 Å². The van der Waals surface area contributed by atoms with E-state index in [9.17, 15) is 4.39 Å². The summed E-state index contributed by atoms with van der Waals surface area (Å²) in [4.78, 5) is 7.25. The van der Waals surface area contributed by atoms with Gasteiger partial charge in [0, 0.05) is 13.1 Å². The van der Waals surface area contributed by atoms with Gasteiger partial charge in [-0.05, 0) is 48.6 Å². The summed E-state index contributed by atoms with van der Waals surface area (Å²) in [5.41, 5.74) is 3.07. The highest BCUT2D eigenvalue weighted by atomic mass is 19.1. The summed E-state index contributed by atoms with van der Waals surface area (Å²) < 4.78 is 15.8. The Bertz CT molecular complexity index is 847. The number of para-hydroxylation sites is 2. The van der Waals surface area contributed by atoms with Crippen LogP contribution in [0.15, 0.2) is 48.5 Å². The molecule has 24 heavy (non-hydrogen) atoms. The third-order valence-corrected chi connectivity index (χ3v) is 4.93. The Morgan fingerprint density at radius 2 is 1.88 bits per heavy atom. The van der Waals surface area contributed by atoms with Crippen LogP contribution in [0.25, 0.3) is 11.0 Å². The molecule has 1 aromatic heterocycles. The van der Waals surface area contributed by atoms with Crippen LogP contribution in [0.2, 0.25) is 0 Å². The van der Waals surface area contributed by atoms with E-state index in [0.29, 0.717) is 6.54 Å². The molecule has 0 saturated carbocycles. The molecule has 0 amide bonds. The maximum atomic E-state index is 13.6. The van der Waals surface area contributed by atoms with E-state index in [2.05, 4.69) is 22.5 Å². The second-order valence-electron chi connectivity index (χ2n) is 6.79. The predicted octanol–water partition coefficient (Wildman–Crippen LogP) is 4.46. The second-order valence-corrected chi connectivity index (χ2v) is 6.79. The molecule has 1 fully saturated rings. The summed E-state index contributed by atoms with van der Waals surface area (Å²) >= 11 is 0. The Hall–Kier alpha value is -2.36. The van der Waals surface area contributed by atoms with Crippen LogP contribution in [0.1, 0.15) is 25.3 Å². The number of hydrogen-bond acceptors (Lipinski definition) is 2. The van der Waals surface area contributed by atoms with Gasteiger partial charge in [0.2, 0.25) is 5.95 Å². The molecule has 1 aliphatic rings. The minimum atomic E-state index is -0.190. The smallest absolute Gasteiger partial charge is 0.206 e. The number of anilines is 1. The Morgan fingerprint density at radius 1 is 1.08 bits per heavy atom. The monoisotopic (exact) mass is 323 g/mol. The normalized spacial score (nSPS) is 16.0. The van der Waals surface area contributed by atoms with Crippen LogP contribution in [0.3, 0.4) is 0 Å². The van der Waals surface area contributed by atoms with Crippen LogP contribution >= 0.6 is 0 Å². The fourth-order valence-corrected chi connectivity index (χ4v) is 3.49. The summed E-state index contributed by atoms with van der Waals surface area (Å²) in [6.45, 7) is 5.02. The van der Waals surface area contributed by atoms with Gasteiger partial charge in [-0.3, -0.25) is 0 Å². The van der Waals surface area contributed by atoms with E-state index >= 15 is 0 Å². The van der Waals surface area contributed by atoms with Crippen molar-refractivity contribution in [2.75, 3.05) is 18.0 Å². The molecule has 0 spiro atoms. The van der Waals surface area contributed by atoms with Gasteiger partial charge in [-0.25, -0.2) is 9.37 Å². The summed E-state index contributed by atoms with van der Waals surface area (Å²) in [6, 6.07) is 15.0. The van der Waals surface area contributed by atoms with Gasteiger partial charge in [-0.15, -0.1) is 0 Å². The minimum absolute atomic E-state index is 0.190. The second kappa shape index (κ2) is 6.27. The van der Waals surface area contributed by atoms with Gasteiger partial charge in [0.25, 0.3) is 0 Å². The number of hydrogen-bond donors (Lipinski definition) is 0. The van der Waals surface area contributed by atoms with E-state index in [0.717, 1.165) is 41.6 Å². The molecule has 0 radical (unpaired) electrons. The topological polar surface area (TPSA) is 21.1 Å². The average molecular weight is 323 g/mol. The lowest BCUT2D eigenvalue weighted by Gasteiger charge is -2.31. The zero-order chi connectivity index (χ0) is 16.5. The number of rotatable bonds is 3. The van der Waals surface area contributed by atoms with E-state index < -0.39 is 0 Å². The molecule has 0 unspecified atom stereocenters. The number of aromatic nitrogens is 2. The zero-order valence-corrected chi connectivity index (χ0v) is 14.0. The van der Waals surface area contributed by atoms with Gasteiger partial charge in [0.05, 0.1) is 17.6 Å². The van der Waals surface area contributed by atoms with E-state index in [1.807, 2.05) is 24.3 Å². The molecule has 4 rings (SSSR count). The van der Waals surface area contributed by atoms with Crippen LogP contribution < -0.4 is 4.90 Å². The lowest BCUT2D eigenvalue weighted by Crippen LogP contribution is -2.34. The fourth-order valence-electron chi connectivity index (χ4n) is 3.49. The van der Waals surface area contributed by atoms with Gasteiger partial charge in [-0.1, -0.05) is 31.2 Å². The molecular weight excluding hydrogens is 301 g/mol. The largest absolute Gasteiger partial charge is 0.342 e. The van der Waals surface area contributed by atoms with Gasteiger partial charge in [0.1, 0.15) is 5.82 Å². The Morgan fingerprint density at radius 3 is 2.67 bits per heavy atom. The van der Waals surface area contributed by atoms with Crippen LogP contribution in [0.5, 0.6) is 0 Å². The maximum Gasteiger partial charge on any atom is 0.206 e. The first-order valence-electron chi connectivity index (χ1n) is 8.65. The predicted molar refractivity (Wildman–Crippen MR) is 95.8 cm³/mol. The van der Waals surface area contributed by atoms with Crippen molar-refractivity contribution in [1.29, 1.82) is 0 Å². The van der Waals surface area contributed by atoms with Crippen molar-refractivity contribution in [2.45, 2.75) is 26.3 Å². The Balaban J connectivity index is 1.75. The lowest BCUT2D eigenvalue weighted by atomic mass is 10.00. The quantitative estimate of drug-likeness (QED) is 0.709. The lowest BCUT2D eigenvalue weighted by molar-refractivity contribution is 0.432. The Kier molecular flexibility index (Phi) is 3.97. The highest BCUT2D eigenvalue weighted by Crippen LogP contribution is 2.27. The van der Waals surface area contributed by atoms with Crippen molar-refractivity contribution in [1.82, 2.24) is 9.55 Å². The van der Waals surface area contributed by atoms with Crippen molar-refractivity contribution in [3.63, 3.8) is 0 Å². The first-order chi connectivity index (χ1) is 11.7. The van der Waals surface area contributed by atoms with Crippen molar-refractivity contribution < 1.29 is 4.39 Å². The van der Waals surface area contributed by atoms with Crippen LogP contribution in [-0.2, 0) is 6.54 Å². The van der Waals surface area contributed by atoms with Crippen molar-refractivity contribution in [3.8, 4) is 0 Å². The van der Waals surface area contributed by atoms with Crippen LogP contribution in [-0.4, -0.2) is 22.6 Å². The number of nitrogens with zero attached hydrogens (tertiary/aromatic N) is 3. The third kappa shape index (κ3) is 2.88. The SMILES string of the molecule is CC1CCN(c2nc3ccccc3n2Cc2cccc(F)c2)CC1. The molecule has 0 bridgehead atoms. The summed E-state index contributed by atoms with van der Waals surface area (Å²) in [6.07, 6.45) is 2.40. The summed E-state index contributed by atoms with van der Waals surface area (Å²) in [7, 11) is 0. The number of halogens is 1. The molecular formula is C20H22FN3.